The van der Waals surface area contributed by atoms with E-state index in [-0.39, 0.29) is 11.7 Å². The Bertz CT molecular complexity index is 1180. The Labute approximate surface area is 197 Å². The van der Waals surface area contributed by atoms with Gasteiger partial charge in [0.05, 0.1) is 14.2 Å². The summed E-state index contributed by atoms with van der Waals surface area (Å²) in [6, 6.07) is 19.8. The largest absolute Gasteiger partial charge is 0.488 e. The normalized spacial score (nSPS) is 16.0. The number of benzene rings is 3. The number of carbonyl (C=O) groups is 1. The van der Waals surface area contributed by atoms with E-state index >= 15 is 0 Å². The van der Waals surface area contributed by atoms with Crippen LogP contribution in [0.5, 0.6) is 5.75 Å². The summed E-state index contributed by atoms with van der Waals surface area (Å²) in [6.07, 6.45) is 1.84. The summed E-state index contributed by atoms with van der Waals surface area (Å²) in [4.78, 5) is 17.4. The van der Waals surface area contributed by atoms with E-state index in [0.29, 0.717) is 16.7 Å². The number of thioether (sulfide) groups is 1. The summed E-state index contributed by atoms with van der Waals surface area (Å²) in [5.74, 6) is 0.302. The van der Waals surface area contributed by atoms with Crippen molar-refractivity contribution in [2.75, 3.05) is 0 Å². The van der Waals surface area contributed by atoms with E-state index in [0.717, 1.165) is 31.7 Å². The fourth-order valence-electron chi connectivity index (χ4n) is 2.83. The summed E-state index contributed by atoms with van der Waals surface area (Å²) < 4.78 is 19.8. The van der Waals surface area contributed by atoms with Crippen LogP contribution in [0.2, 0.25) is 0 Å². The molecule has 0 atom stereocenters. The molecule has 1 heterocycles. The first kappa shape index (κ1) is 21.6. The van der Waals surface area contributed by atoms with Crippen LogP contribution in [0.15, 0.2) is 76.6 Å². The molecule has 4 rings (SSSR count). The van der Waals surface area contributed by atoms with Crippen LogP contribution in [0.25, 0.3) is 6.08 Å². The Morgan fingerprint density at radius 1 is 1.10 bits per heavy atom. The zero-order chi connectivity index (χ0) is 21.8. The van der Waals surface area contributed by atoms with Gasteiger partial charge in [-0.05, 0) is 94.9 Å². The van der Waals surface area contributed by atoms with E-state index < -0.39 is 0 Å². The molecule has 31 heavy (non-hydrogen) atoms. The predicted octanol–water partition coefficient (Wildman–Crippen LogP) is 6.21. The second-order valence-corrected chi connectivity index (χ2v) is 9.12. The van der Waals surface area contributed by atoms with Gasteiger partial charge in [-0.15, -0.1) is 0 Å². The van der Waals surface area contributed by atoms with Gasteiger partial charge in [0, 0.05) is 0 Å². The fourth-order valence-corrected chi connectivity index (χ4v) is 4.37. The third-order valence-electron chi connectivity index (χ3n) is 4.48. The molecule has 0 unspecified atom stereocenters. The van der Waals surface area contributed by atoms with Crippen molar-refractivity contribution >= 4 is 57.2 Å². The molecule has 0 radical (unpaired) electrons. The van der Waals surface area contributed by atoms with E-state index in [1.54, 1.807) is 12.1 Å². The highest BCUT2D eigenvalue weighted by Crippen LogP contribution is 2.30. The van der Waals surface area contributed by atoms with Crippen molar-refractivity contribution in [3.8, 4) is 5.75 Å². The molecule has 0 aliphatic carbocycles. The molecule has 7 heteroatoms. The lowest BCUT2D eigenvalue weighted by Crippen LogP contribution is -2.19. The minimum Gasteiger partial charge on any atom is -0.488 e. The molecular formula is C24H18FIN2O2S. The number of halogens is 2. The lowest BCUT2D eigenvalue weighted by Gasteiger charge is -2.09. The van der Waals surface area contributed by atoms with Crippen molar-refractivity contribution < 1.29 is 13.9 Å². The van der Waals surface area contributed by atoms with Gasteiger partial charge < -0.3 is 10.1 Å². The molecule has 0 spiro atoms. The van der Waals surface area contributed by atoms with Crippen molar-refractivity contribution in [3.63, 3.8) is 0 Å². The Morgan fingerprint density at radius 3 is 2.55 bits per heavy atom. The fraction of sp³-hybridized carbons (Fsp3) is 0.0833. The number of amidine groups is 1. The highest BCUT2D eigenvalue weighted by atomic mass is 127. The molecule has 1 N–H and O–H groups in total. The monoisotopic (exact) mass is 544 g/mol. The second-order valence-electron chi connectivity index (χ2n) is 6.92. The second kappa shape index (κ2) is 9.65. The Kier molecular flexibility index (Phi) is 6.72. The van der Waals surface area contributed by atoms with Crippen molar-refractivity contribution in [3.05, 3.63) is 97.7 Å². The number of rotatable bonds is 5. The van der Waals surface area contributed by atoms with Gasteiger partial charge in [0.25, 0.3) is 5.91 Å². The Balaban J connectivity index is 1.44. The van der Waals surface area contributed by atoms with Gasteiger partial charge in [0.15, 0.2) is 5.17 Å². The first-order chi connectivity index (χ1) is 15.0. The van der Waals surface area contributed by atoms with E-state index in [1.807, 2.05) is 55.5 Å². The number of carbonyl (C=O) groups excluding carboxylic acids is 1. The summed E-state index contributed by atoms with van der Waals surface area (Å²) in [7, 11) is 0. The predicted molar refractivity (Wildman–Crippen MR) is 132 cm³/mol. The minimum absolute atomic E-state index is 0.164. The summed E-state index contributed by atoms with van der Waals surface area (Å²) in [5, 5.41) is 3.37. The van der Waals surface area contributed by atoms with E-state index in [2.05, 4.69) is 32.9 Å². The molecule has 156 valence electrons. The van der Waals surface area contributed by atoms with Gasteiger partial charge in [-0.2, -0.15) is 0 Å². The first-order valence-corrected chi connectivity index (χ1v) is 11.4. The van der Waals surface area contributed by atoms with Crippen LogP contribution in [0, 0.1) is 16.3 Å². The molecule has 1 amide bonds. The van der Waals surface area contributed by atoms with Gasteiger partial charge in [0.2, 0.25) is 0 Å². The molecule has 3 aromatic rings. The lowest BCUT2D eigenvalue weighted by molar-refractivity contribution is -0.115. The molecule has 0 aromatic heterocycles. The van der Waals surface area contributed by atoms with Crippen LogP contribution in [-0.4, -0.2) is 11.1 Å². The average Bonchev–Trinajstić information content (AvgIpc) is 3.09. The molecule has 4 nitrogen and oxygen atoms in total. The maximum atomic E-state index is 13.0. The summed E-state index contributed by atoms with van der Waals surface area (Å²) in [5.41, 5.74) is 3.75. The van der Waals surface area contributed by atoms with E-state index in [9.17, 15) is 9.18 Å². The molecule has 1 saturated heterocycles. The Morgan fingerprint density at radius 2 is 1.84 bits per heavy atom. The number of ether oxygens (including phenoxy) is 1. The molecule has 1 aliphatic rings. The van der Waals surface area contributed by atoms with Gasteiger partial charge in [-0.1, -0.05) is 35.9 Å². The third-order valence-corrected chi connectivity index (χ3v) is 6.23. The molecule has 0 saturated carbocycles. The van der Waals surface area contributed by atoms with Gasteiger partial charge >= 0.3 is 0 Å². The maximum Gasteiger partial charge on any atom is 0.264 e. The smallest absolute Gasteiger partial charge is 0.264 e. The summed E-state index contributed by atoms with van der Waals surface area (Å²) >= 11 is 3.52. The highest BCUT2D eigenvalue weighted by Gasteiger charge is 2.23. The highest BCUT2D eigenvalue weighted by molar-refractivity contribution is 14.1. The number of nitrogens with zero attached hydrogens (tertiary/aromatic N) is 1. The number of hydrogen-bond acceptors (Lipinski definition) is 4. The van der Waals surface area contributed by atoms with Crippen molar-refractivity contribution in [2.45, 2.75) is 13.5 Å². The van der Waals surface area contributed by atoms with Gasteiger partial charge in [-0.3, -0.25) is 4.79 Å². The van der Waals surface area contributed by atoms with Crippen LogP contribution in [0.4, 0.5) is 10.1 Å². The van der Waals surface area contributed by atoms with Crippen molar-refractivity contribution in [1.82, 2.24) is 5.32 Å². The van der Waals surface area contributed by atoms with Crippen LogP contribution >= 0.6 is 34.4 Å². The van der Waals surface area contributed by atoms with Crippen LogP contribution in [0.1, 0.15) is 16.7 Å². The van der Waals surface area contributed by atoms with Gasteiger partial charge in [0.1, 0.15) is 18.2 Å². The maximum absolute atomic E-state index is 13.0. The van der Waals surface area contributed by atoms with Crippen LogP contribution < -0.4 is 10.1 Å². The quantitative estimate of drug-likeness (QED) is 0.307. The third kappa shape index (κ3) is 5.74. The number of aliphatic imine (C=N–C) groups is 1. The molecule has 3 aromatic carbocycles. The van der Waals surface area contributed by atoms with Gasteiger partial charge in [-0.25, -0.2) is 9.38 Å². The number of hydrogen-bond donors (Lipinski definition) is 1. The standard InChI is InChI=1S/C24H18FIN2O2S/c1-15-2-9-19(10-3-15)27-24-28-23(29)22(31-24)13-17-6-11-21(20(26)12-17)30-14-16-4-7-18(25)8-5-16/h2-13H,14H2,1H3,(H,27,28,29)/b22-13+. The number of nitrogens with one attached hydrogen (secondary N) is 1. The SMILES string of the molecule is Cc1ccc(N=C2NC(=O)/C(=C\c3ccc(OCc4ccc(F)cc4)c(I)c3)S2)cc1. The topological polar surface area (TPSA) is 50.7 Å². The van der Waals surface area contributed by atoms with E-state index in [4.69, 9.17) is 4.74 Å². The van der Waals surface area contributed by atoms with E-state index in [1.165, 1.54) is 23.9 Å². The molecule has 0 bridgehead atoms. The zero-order valence-corrected chi connectivity index (χ0v) is 19.5. The number of aryl methyl sites for hydroxylation is 1. The van der Waals surface area contributed by atoms with Crippen LogP contribution in [-0.2, 0) is 11.4 Å². The molecule has 1 aliphatic heterocycles. The minimum atomic E-state index is -0.267. The zero-order valence-electron chi connectivity index (χ0n) is 16.6. The van der Waals surface area contributed by atoms with Crippen molar-refractivity contribution in [1.29, 1.82) is 0 Å². The summed E-state index contributed by atoms with van der Waals surface area (Å²) in [6.45, 7) is 2.37. The average molecular weight is 544 g/mol. The van der Waals surface area contributed by atoms with Crippen molar-refractivity contribution in [2.24, 2.45) is 4.99 Å². The number of amides is 1. The van der Waals surface area contributed by atoms with Crippen LogP contribution in [0.3, 0.4) is 0 Å². The Hall–Kier alpha value is -2.65. The molecule has 1 fully saturated rings. The molecular weight excluding hydrogens is 526 g/mol. The lowest BCUT2D eigenvalue weighted by atomic mass is 10.2. The first-order valence-electron chi connectivity index (χ1n) is 9.49.